The lowest BCUT2D eigenvalue weighted by atomic mass is 10.1. The molecule has 3 heterocycles. The second kappa shape index (κ2) is 5.02. The van der Waals surface area contributed by atoms with Gasteiger partial charge in [-0.1, -0.05) is 18.0 Å². The third-order valence-corrected chi connectivity index (χ3v) is 4.46. The standard InChI is InChI=1S/C15H17N3O3/c19-13-8-10(9-18(13)11-4-1-2-5-11)14-16-15(21-17-14)12-6-3-7-20-12/h3,6-7,10-11H,1-2,4-5,8-9H2. The highest BCUT2D eigenvalue weighted by Gasteiger charge is 2.38. The molecule has 6 heteroatoms. The van der Waals surface area contributed by atoms with Crippen LogP contribution in [0.4, 0.5) is 0 Å². The lowest BCUT2D eigenvalue weighted by Crippen LogP contribution is -2.34. The van der Waals surface area contributed by atoms with E-state index in [1.54, 1.807) is 18.4 Å². The minimum Gasteiger partial charge on any atom is -0.459 e. The van der Waals surface area contributed by atoms with Crippen molar-refractivity contribution in [3.63, 3.8) is 0 Å². The summed E-state index contributed by atoms with van der Waals surface area (Å²) in [5.41, 5.74) is 0. The van der Waals surface area contributed by atoms with Crippen LogP contribution in [0.3, 0.4) is 0 Å². The zero-order valence-corrected chi connectivity index (χ0v) is 11.7. The van der Waals surface area contributed by atoms with Crippen LogP contribution in [0.1, 0.15) is 43.8 Å². The topological polar surface area (TPSA) is 72.4 Å². The predicted octanol–water partition coefficient (Wildman–Crippen LogP) is 2.59. The van der Waals surface area contributed by atoms with Crippen molar-refractivity contribution in [1.29, 1.82) is 0 Å². The van der Waals surface area contributed by atoms with Gasteiger partial charge in [0.15, 0.2) is 11.6 Å². The van der Waals surface area contributed by atoms with Gasteiger partial charge in [0.05, 0.1) is 6.26 Å². The molecule has 2 fully saturated rings. The third kappa shape index (κ3) is 2.24. The third-order valence-electron chi connectivity index (χ3n) is 4.46. The van der Waals surface area contributed by atoms with Crippen molar-refractivity contribution in [2.24, 2.45) is 0 Å². The van der Waals surface area contributed by atoms with Crippen molar-refractivity contribution in [3.05, 3.63) is 24.2 Å². The highest BCUT2D eigenvalue weighted by molar-refractivity contribution is 5.80. The summed E-state index contributed by atoms with van der Waals surface area (Å²) in [6.45, 7) is 0.709. The summed E-state index contributed by atoms with van der Waals surface area (Å²) in [4.78, 5) is 18.6. The predicted molar refractivity (Wildman–Crippen MR) is 73.3 cm³/mol. The van der Waals surface area contributed by atoms with Gasteiger partial charge in [0, 0.05) is 24.9 Å². The fraction of sp³-hybridized carbons (Fsp3) is 0.533. The molecule has 4 rings (SSSR count). The van der Waals surface area contributed by atoms with E-state index in [4.69, 9.17) is 8.94 Å². The first-order valence-corrected chi connectivity index (χ1v) is 7.48. The van der Waals surface area contributed by atoms with Gasteiger partial charge in [0.1, 0.15) is 0 Å². The Kier molecular flexibility index (Phi) is 3.02. The minimum atomic E-state index is 0.0329. The van der Waals surface area contributed by atoms with Crippen LogP contribution < -0.4 is 0 Å². The fourth-order valence-electron chi connectivity index (χ4n) is 3.37. The summed E-state index contributed by atoms with van der Waals surface area (Å²) in [7, 11) is 0. The Bertz CT molecular complexity index is 628. The number of carbonyl (C=O) groups is 1. The number of nitrogens with zero attached hydrogens (tertiary/aromatic N) is 3. The van der Waals surface area contributed by atoms with Crippen LogP contribution in [-0.4, -0.2) is 33.5 Å². The maximum absolute atomic E-state index is 12.2. The van der Waals surface area contributed by atoms with Crippen molar-refractivity contribution in [2.45, 2.75) is 44.1 Å². The molecule has 1 aliphatic carbocycles. The molecule has 110 valence electrons. The van der Waals surface area contributed by atoms with E-state index in [2.05, 4.69) is 10.1 Å². The molecule has 1 aliphatic heterocycles. The highest BCUT2D eigenvalue weighted by Crippen LogP contribution is 2.33. The van der Waals surface area contributed by atoms with Crippen LogP contribution in [0.15, 0.2) is 27.3 Å². The molecule has 2 aromatic heterocycles. The number of hydrogen-bond acceptors (Lipinski definition) is 5. The van der Waals surface area contributed by atoms with Gasteiger partial charge >= 0.3 is 0 Å². The number of carbonyl (C=O) groups excluding carboxylic acids is 1. The maximum Gasteiger partial charge on any atom is 0.293 e. The van der Waals surface area contributed by atoms with Crippen LogP contribution in [0.25, 0.3) is 11.7 Å². The van der Waals surface area contributed by atoms with Gasteiger partial charge in [0.25, 0.3) is 5.89 Å². The first-order valence-electron chi connectivity index (χ1n) is 7.48. The maximum atomic E-state index is 12.2. The van der Waals surface area contributed by atoms with Gasteiger partial charge in [-0.05, 0) is 25.0 Å². The molecule has 0 bridgehead atoms. The highest BCUT2D eigenvalue weighted by atomic mass is 16.5. The molecule has 0 aromatic carbocycles. The summed E-state index contributed by atoms with van der Waals surface area (Å²) in [5.74, 6) is 1.80. The number of hydrogen-bond donors (Lipinski definition) is 0. The number of aromatic nitrogens is 2. The lowest BCUT2D eigenvalue weighted by Gasteiger charge is -2.23. The Hall–Kier alpha value is -2.11. The molecule has 6 nitrogen and oxygen atoms in total. The fourth-order valence-corrected chi connectivity index (χ4v) is 3.37. The van der Waals surface area contributed by atoms with Crippen molar-refractivity contribution < 1.29 is 13.7 Å². The van der Waals surface area contributed by atoms with Gasteiger partial charge in [-0.2, -0.15) is 4.98 Å². The first kappa shape index (κ1) is 12.6. The molecular weight excluding hydrogens is 270 g/mol. The van der Waals surface area contributed by atoms with E-state index >= 15 is 0 Å². The van der Waals surface area contributed by atoms with Crippen molar-refractivity contribution >= 4 is 5.91 Å². The van der Waals surface area contributed by atoms with Gasteiger partial charge in [-0.15, -0.1) is 0 Å². The van der Waals surface area contributed by atoms with Gasteiger partial charge in [0.2, 0.25) is 5.91 Å². The quantitative estimate of drug-likeness (QED) is 0.867. The molecule has 1 saturated carbocycles. The van der Waals surface area contributed by atoms with Gasteiger partial charge in [-0.25, -0.2) is 0 Å². The van der Waals surface area contributed by atoms with Crippen LogP contribution in [0, 0.1) is 0 Å². The summed E-state index contributed by atoms with van der Waals surface area (Å²) in [6, 6.07) is 3.97. The van der Waals surface area contributed by atoms with Gasteiger partial charge in [-0.3, -0.25) is 4.79 Å². The molecule has 1 amide bonds. The Balaban J connectivity index is 1.51. The summed E-state index contributed by atoms with van der Waals surface area (Å²) >= 11 is 0. The van der Waals surface area contributed by atoms with Crippen LogP contribution >= 0.6 is 0 Å². The number of rotatable bonds is 3. The summed E-state index contributed by atoms with van der Waals surface area (Å²) < 4.78 is 10.5. The molecule has 2 aliphatic rings. The van der Waals surface area contributed by atoms with E-state index < -0.39 is 0 Å². The summed E-state index contributed by atoms with van der Waals surface area (Å²) in [6.07, 6.45) is 6.76. The van der Waals surface area contributed by atoms with Gasteiger partial charge < -0.3 is 13.8 Å². The Morgan fingerprint density at radius 2 is 2.14 bits per heavy atom. The molecule has 0 N–H and O–H groups in total. The average Bonchev–Trinajstić information content (AvgIpc) is 3.26. The molecule has 0 radical (unpaired) electrons. The Morgan fingerprint density at radius 3 is 2.90 bits per heavy atom. The van der Waals surface area contributed by atoms with E-state index in [0.29, 0.717) is 36.5 Å². The number of furan rings is 1. The van der Waals surface area contributed by atoms with Crippen LogP contribution in [0.2, 0.25) is 0 Å². The first-order chi connectivity index (χ1) is 10.3. The molecule has 1 saturated heterocycles. The molecule has 21 heavy (non-hydrogen) atoms. The van der Waals surface area contributed by atoms with Crippen molar-refractivity contribution in [1.82, 2.24) is 15.0 Å². The van der Waals surface area contributed by atoms with E-state index in [0.717, 1.165) is 12.8 Å². The number of amides is 1. The smallest absolute Gasteiger partial charge is 0.293 e. The van der Waals surface area contributed by atoms with E-state index in [9.17, 15) is 4.79 Å². The molecule has 2 aromatic rings. The van der Waals surface area contributed by atoms with Crippen molar-refractivity contribution in [3.8, 4) is 11.7 Å². The number of likely N-dealkylation sites (tertiary alicyclic amines) is 1. The zero-order chi connectivity index (χ0) is 14.2. The Morgan fingerprint density at radius 1 is 1.29 bits per heavy atom. The monoisotopic (exact) mass is 287 g/mol. The van der Waals surface area contributed by atoms with E-state index in [1.165, 1.54) is 12.8 Å². The summed E-state index contributed by atoms with van der Waals surface area (Å²) in [5, 5.41) is 4.02. The molecule has 0 spiro atoms. The largest absolute Gasteiger partial charge is 0.459 e. The average molecular weight is 287 g/mol. The van der Waals surface area contributed by atoms with Crippen LogP contribution in [-0.2, 0) is 4.79 Å². The second-order valence-corrected chi connectivity index (χ2v) is 5.82. The SMILES string of the molecule is O=C1CC(c2noc(-c3ccco3)n2)CN1C1CCCC1. The molecular formula is C15H17N3O3. The normalized spacial score (nSPS) is 23.3. The molecule has 1 unspecified atom stereocenters. The second-order valence-electron chi connectivity index (χ2n) is 5.82. The van der Waals surface area contributed by atoms with E-state index in [1.807, 2.05) is 4.90 Å². The molecule has 1 atom stereocenters. The van der Waals surface area contributed by atoms with Crippen molar-refractivity contribution in [2.75, 3.05) is 6.54 Å². The van der Waals surface area contributed by atoms with E-state index in [-0.39, 0.29) is 11.8 Å². The minimum absolute atomic E-state index is 0.0329. The van der Waals surface area contributed by atoms with Crippen LogP contribution in [0.5, 0.6) is 0 Å². The Labute approximate surface area is 122 Å². The lowest BCUT2D eigenvalue weighted by molar-refractivity contribution is -0.129. The zero-order valence-electron chi connectivity index (χ0n) is 11.7.